The largest absolute Gasteiger partial charge is 0.484 e. The van der Waals surface area contributed by atoms with E-state index in [-0.39, 0.29) is 30.1 Å². The molecule has 14 nitrogen and oxygen atoms in total. The highest BCUT2D eigenvalue weighted by Crippen LogP contribution is 2.39. The van der Waals surface area contributed by atoms with Gasteiger partial charge < -0.3 is 25.0 Å². The number of ether oxygens (including phenoxy) is 1. The second-order valence-electron chi connectivity index (χ2n) is 16.6. The Morgan fingerprint density at radius 3 is 2.47 bits per heavy atom. The van der Waals surface area contributed by atoms with Crippen molar-refractivity contribution in [2.45, 2.75) is 89.9 Å². The Labute approximate surface area is 345 Å². The molecule has 0 bridgehead atoms. The van der Waals surface area contributed by atoms with E-state index in [1.165, 1.54) is 6.42 Å². The molecule has 3 atom stereocenters. The van der Waals surface area contributed by atoms with Gasteiger partial charge in [-0.05, 0) is 93.1 Å². The smallest absolute Gasteiger partial charge is 0.320 e. The van der Waals surface area contributed by atoms with E-state index in [0.29, 0.717) is 11.9 Å². The summed E-state index contributed by atoms with van der Waals surface area (Å²) in [5.41, 5.74) is 5.47. The number of amides is 2. The minimum atomic E-state index is -0.287. The van der Waals surface area contributed by atoms with Gasteiger partial charge in [0.05, 0.1) is 23.6 Å². The zero-order valence-corrected chi connectivity index (χ0v) is 34.8. The first-order valence-electron chi connectivity index (χ1n) is 20.2. The highest BCUT2D eigenvalue weighted by molar-refractivity contribution is 6.31. The molecule has 1 aliphatic carbocycles. The summed E-state index contributed by atoms with van der Waals surface area (Å²) in [6.07, 6.45) is 6.86. The van der Waals surface area contributed by atoms with Gasteiger partial charge in [0, 0.05) is 61.8 Å². The van der Waals surface area contributed by atoms with Crippen LogP contribution in [0, 0.1) is 0 Å². The number of carboxylic acid groups (broad SMARTS) is 1. The molecule has 3 aliphatic rings. The summed E-state index contributed by atoms with van der Waals surface area (Å²) >= 11 is 6.73. The summed E-state index contributed by atoms with van der Waals surface area (Å²) in [5, 5.41) is 28.0. The Hall–Kier alpha value is -5.18. The third-order valence-corrected chi connectivity index (χ3v) is 11.8. The van der Waals surface area contributed by atoms with Gasteiger partial charge in [0.15, 0.2) is 5.65 Å². The van der Waals surface area contributed by atoms with E-state index >= 15 is 0 Å². The highest BCUT2D eigenvalue weighted by atomic mass is 35.5. The number of pyridine rings is 1. The fourth-order valence-corrected chi connectivity index (χ4v) is 8.29. The first-order valence-corrected chi connectivity index (χ1v) is 20.6. The normalized spacial score (nSPS) is 20.2. The van der Waals surface area contributed by atoms with Gasteiger partial charge in [-0.25, -0.2) is 9.48 Å². The molecule has 5 aromatic rings. The molecule has 308 valence electrons. The third kappa shape index (κ3) is 9.24. The van der Waals surface area contributed by atoms with Crippen LogP contribution in [0.5, 0.6) is 5.75 Å². The van der Waals surface area contributed by atoms with Crippen molar-refractivity contribution >= 4 is 41.5 Å². The van der Waals surface area contributed by atoms with Gasteiger partial charge in [0.1, 0.15) is 17.7 Å². The Bertz CT molecular complexity index is 2210. The van der Waals surface area contributed by atoms with E-state index in [9.17, 15) is 4.79 Å². The molecular formula is C43H55ClN10O4. The van der Waals surface area contributed by atoms with Crippen molar-refractivity contribution in [2.24, 2.45) is 0 Å². The zero-order valence-electron chi connectivity index (χ0n) is 34.1. The maximum Gasteiger partial charge on any atom is 0.320 e. The summed E-state index contributed by atoms with van der Waals surface area (Å²) in [7, 11) is 2.16. The topological polar surface area (TPSA) is 145 Å². The monoisotopic (exact) mass is 810 g/mol. The van der Waals surface area contributed by atoms with Crippen molar-refractivity contribution in [3.63, 3.8) is 0 Å². The molecule has 2 fully saturated rings. The van der Waals surface area contributed by atoms with Crippen molar-refractivity contribution in [3.8, 4) is 11.4 Å². The molecule has 0 spiro atoms. The number of halogens is 1. The molecule has 2 aliphatic heterocycles. The zero-order chi connectivity index (χ0) is 41.0. The average Bonchev–Trinajstić information content (AvgIpc) is 3.83. The van der Waals surface area contributed by atoms with E-state index < -0.39 is 0 Å². The van der Waals surface area contributed by atoms with Crippen LogP contribution in [0.4, 0.5) is 16.6 Å². The molecule has 3 N–H and O–H groups in total. The van der Waals surface area contributed by atoms with Crippen LogP contribution in [0.3, 0.4) is 0 Å². The predicted octanol–water partition coefficient (Wildman–Crippen LogP) is 7.47. The third-order valence-electron chi connectivity index (χ3n) is 11.4. The Kier molecular flexibility index (Phi) is 12.5. The summed E-state index contributed by atoms with van der Waals surface area (Å²) in [6.45, 7) is 14.2. The molecule has 3 aromatic heterocycles. The van der Waals surface area contributed by atoms with E-state index in [1.54, 1.807) is 0 Å². The van der Waals surface area contributed by atoms with Crippen LogP contribution in [0.1, 0.15) is 94.3 Å². The fourth-order valence-electron chi connectivity index (χ4n) is 8.11. The highest BCUT2D eigenvalue weighted by Gasteiger charge is 2.31. The number of carbonyl (C=O) groups excluding carboxylic acids is 1. The lowest BCUT2D eigenvalue weighted by Crippen LogP contribution is -2.43. The summed E-state index contributed by atoms with van der Waals surface area (Å²) < 4.78 is 10.6. The van der Waals surface area contributed by atoms with Crippen molar-refractivity contribution in [1.29, 1.82) is 0 Å². The number of fused-ring (bicyclic) bond motifs is 2. The number of piperazine rings is 1. The summed E-state index contributed by atoms with van der Waals surface area (Å²) in [5.74, 6) is 2.23. The van der Waals surface area contributed by atoms with Crippen LogP contribution in [-0.2, 0) is 16.8 Å². The average molecular weight is 811 g/mol. The van der Waals surface area contributed by atoms with Gasteiger partial charge >= 0.3 is 6.03 Å². The van der Waals surface area contributed by atoms with Crippen molar-refractivity contribution in [3.05, 3.63) is 94.3 Å². The molecule has 0 radical (unpaired) electrons. The van der Waals surface area contributed by atoms with Gasteiger partial charge in [-0.1, -0.05) is 56.6 Å². The Morgan fingerprint density at radius 2 is 1.72 bits per heavy atom. The van der Waals surface area contributed by atoms with Gasteiger partial charge in [0.25, 0.3) is 6.47 Å². The lowest BCUT2D eigenvalue weighted by molar-refractivity contribution is -0.122. The summed E-state index contributed by atoms with van der Waals surface area (Å²) in [6, 6.07) is 20.1. The van der Waals surface area contributed by atoms with Crippen molar-refractivity contribution in [2.75, 3.05) is 50.0 Å². The number of urea groups is 1. The lowest BCUT2D eigenvalue weighted by atomic mass is 9.85. The Morgan fingerprint density at radius 1 is 0.966 bits per heavy atom. The molecule has 8 rings (SSSR count). The molecule has 2 amide bonds. The molecule has 2 saturated heterocycles. The molecule has 0 unspecified atom stereocenters. The fraction of sp³-hybridized carbons (Fsp3) is 0.465. The number of benzene rings is 2. The van der Waals surface area contributed by atoms with E-state index in [1.807, 2.05) is 53.3 Å². The summed E-state index contributed by atoms with van der Waals surface area (Å²) in [4.78, 5) is 29.3. The number of aromatic nitrogens is 5. The number of nitrogens with one attached hydrogen (secondary N) is 2. The molecule has 58 heavy (non-hydrogen) atoms. The number of piperidine rings is 1. The van der Waals surface area contributed by atoms with E-state index in [4.69, 9.17) is 31.3 Å². The number of hydrogen-bond donors (Lipinski definition) is 3. The van der Waals surface area contributed by atoms with Gasteiger partial charge in [-0.15, -0.1) is 10.2 Å². The van der Waals surface area contributed by atoms with Crippen molar-refractivity contribution < 1.29 is 19.4 Å². The second-order valence-corrected chi connectivity index (χ2v) is 17.0. The molecule has 2 aromatic carbocycles. The minimum Gasteiger partial charge on any atom is -0.484 e. The van der Waals surface area contributed by atoms with Crippen LogP contribution >= 0.6 is 11.6 Å². The van der Waals surface area contributed by atoms with Crippen LogP contribution < -0.4 is 20.3 Å². The lowest BCUT2D eigenvalue weighted by Gasteiger charge is -2.33. The first-order chi connectivity index (χ1) is 27.9. The van der Waals surface area contributed by atoms with E-state index in [0.717, 1.165) is 115 Å². The number of anilines is 2. The number of nitrogens with zero attached hydrogens (tertiary/aromatic N) is 8. The quantitative estimate of drug-likeness (QED) is 0.135. The molecular weight excluding hydrogens is 756 g/mol. The standard InChI is InChI=1S/C42H53ClN10O2.CH2O2/c1-28-10-8-9-19-51(28)41-47-46-38-18-14-31(27-52(38)41)55-36-17-16-35(32-11-6-7-12-33(32)36)44-40(54)45-39-25-37(42(2,3)4)48-53(39)30-13-15-34(43)29(24-30)26-50-22-20-49(5)21-23-50;2-1-3/h6-7,11-15,18,24-25,27-28,35-36H,8-10,16-17,19-23,26H2,1-5H3,(H2,44,45,54);1H,(H,2,3)/t28-,35-,36+;/m0./s1. The van der Waals surface area contributed by atoms with E-state index in [2.05, 4.69) is 92.9 Å². The maximum absolute atomic E-state index is 13.9. The number of hydrogen-bond acceptors (Lipinski definition) is 9. The van der Waals surface area contributed by atoms with Gasteiger partial charge in [0.2, 0.25) is 5.95 Å². The van der Waals surface area contributed by atoms with Gasteiger partial charge in [-0.3, -0.25) is 19.4 Å². The van der Waals surface area contributed by atoms with Crippen LogP contribution in [0.15, 0.2) is 66.9 Å². The minimum absolute atomic E-state index is 0.163. The van der Waals surface area contributed by atoms with Crippen molar-refractivity contribution in [1.82, 2.24) is 39.5 Å². The number of likely N-dealkylation sites (N-methyl/N-ethyl adjacent to an activating group) is 1. The number of carbonyl (C=O) groups is 2. The molecule has 5 heterocycles. The molecule has 15 heteroatoms. The maximum atomic E-state index is 13.9. The number of rotatable bonds is 8. The second kappa shape index (κ2) is 17.8. The first kappa shape index (κ1) is 41.0. The van der Waals surface area contributed by atoms with Crippen LogP contribution in [-0.4, -0.2) is 97.6 Å². The Balaban J connectivity index is 0.00000166. The predicted molar refractivity (Wildman–Crippen MR) is 226 cm³/mol. The SMILES string of the molecule is C[C@H]1CCCCN1c1nnc2ccc(O[C@@H]3CC[C@H](NC(=O)Nc4cc(C(C)(C)C)nn4-c4ccc(Cl)c(CN5CCN(C)CC5)c4)c4ccccc43)cn12.O=CO. The molecule has 0 saturated carbocycles. The van der Waals surface area contributed by atoms with Crippen LogP contribution in [0.25, 0.3) is 11.3 Å². The van der Waals surface area contributed by atoms with Gasteiger partial charge in [-0.2, -0.15) is 5.10 Å². The van der Waals surface area contributed by atoms with Crippen LogP contribution in [0.2, 0.25) is 5.02 Å².